The van der Waals surface area contributed by atoms with Crippen LogP contribution in [0.3, 0.4) is 0 Å². The minimum absolute atomic E-state index is 0.149. The molecule has 2 aliphatic rings. The van der Waals surface area contributed by atoms with Crippen molar-refractivity contribution in [3.8, 4) is 0 Å². The summed E-state index contributed by atoms with van der Waals surface area (Å²) >= 11 is 0. The molecule has 0 spiro atoms. The molecule has 2 saturated heterocycles. The third-order valence-corrected chi connectivity index (χ3v) is 5.54. The van der Waals surface area contributed by atoms with Gasteiger partial charge in [-0.3, -0.25) is 0 Å². The number of rotatable bonds is 5. The number of nitrogens with one attached hydrogen (secondary N) is 2. The van der Waals surface area contributed by atoms with E-state index in [-0.39, 0.29) is 6.04 Å². The molecule has 2 fully saturated rings. The molecule has 106 valence electrons. The molecule has 2 atom stereocenters. The van der Waals surface area contributed by atoms with E-state index in [4.69, 9.17) is 0 Å². The van der Waals surface area contributed by atoms with Gasteiger partial charge in [0, 0.05) is 25.2 Å². The second-order valence-electron chi connectivity index (χ2n) is 5.28. The van der Waals surface area contributed by atoms with E-state index in [0.717, 1.165) is 45.1 Å². The SMILES string of the molecule is CCCNS(=O)(=O)N1CCCCC1C1CCCN1. The van der Waals surface area contributed by atoms with Crippen molar-refractivity contribution in [3.05, 3.63) is 0 Å². The Bertz CT molecular complexity index is 352. The van der Waals surface area contributed by atoms with E-state index in [2.05, 4.69) is 10.0 Å². The highest BCUT2D eigenvalue weighted by Crippen LogP contribution is 2.26. The van der Waals surface area contributed by atoms with Gasteiger partial charge in [0.1, 0.15) is 0 Å². The summed E-state index contributed by atoms with van der Waals surface area (Å²) in [4.78, 5) is 0. The summed E-state index contributed by atoms with van der Waals surface area (Å²) in [5.74, 6) is 0. The van der Waals surface area contributed by atoms with Gasteiger partial charge in [-0.15, -0.1) is 0 Å². The minimum atomic E-state index is -3.29. The standard InChI is InChI=1S/C12H25N3O2S/c1-2-8-14-18(16,17)15-10-4-3-7-12(15)11-6-5-9-13-11/h11-14H,2-10H2,1H3. The highest BCUT2D eigenvalue weighted by molar-refractivity contribution is 7.87. The van der Waals surface area contributed by atoms with Crippen LogP contribution in [0.25, 0.3) is 0 Å². The third kappa shape index (κ3) is 3.23. The zero-order valence-electron chi connectivity index (χ0n) is 11.2. The van der Waals surface area contributed by atoms with E-state index >= 15 is 0 Å². The fraction of sp³-hybridized carbons (Fsp3) is 1.00. The first kappa shape index (κ1) is 14.2. The Morgan fingerprint density at radius 1 is 1.28 bits per heavy atom. The first-order chi connectivity index (χ1) is 8.65. The lowest BCUT2D eigenvalue weighted by Crippen LogP contribution is -2.55. The molecule has 2 heterocycles. The molecule has 0 saturated carbocycles. The van der Waals surface area contributed by atoms with Crippen LogP contribution in [0, 0.1) is 0 Å². The maximum atomic E-state index is 12.3. The number of nitrogens with zero attached hydrogens (tertiary/aromatic N) is 1. The predicted octanol–water partition coefficient (Wildman–Crippen LogP) is 0.837. The van der Waals surface area contributed by atoms with Crippen LogP contribution in [-0.2, 0) is 10.2 Å². The molecule has 2 rings (SSSR count). The molecule has 0 amide bonds. The van der Waals surface area contributed by atoms with Gasteiger partial charge in [0.2, 0.25) is 0 Å². The third-order valence-electron chi connectivity index (χ3n) is 3.90. The Morgan fingerprint density at radius 2 is 2.11 bits per heavy atom. The highest BCUT2D eigenvalue weighted by Gasteiger charge is 2.37. The largest absolute Gasteiger partial charge is 0.312 e. The Morgan fingerprint density at radius 3 is 2.78 bits per heavy atom. The molecule has 0 aromatic rings. The fourth-order valence-corrected chi connectivity index (χ4v) is 4.59. The van der Waals surface area contributed by atoms with Crippen LogP contribution in [-0.4, -0.2) is 44.4 Å². The summed E-state index contributed by atoms with van der Waals surface area (Å²) in [6, 6.07) is 0.499. The normalized spacial score (nSPS) is 30.7. The topological polar surface area (TPSA) is 61.4 Å². The van der Waals surface area contributed by atoms with E-state index in [0.29, 0.717) is 19.1 Å². The monoisotopic (exact) mass is 275 g/mol. The van der Waals surface area contributed by atoms with Crippen LogP contribution in [0.5, 0.6) is 0 Å². The molecule has 2 unspecified atom stereocenters. The molecule has 5 nitrogen and oxygen atoms in total. The molecule has 0 aliphatic carbocycles. The molecule has 6 heteroatoms. The first-order valence-corrected chi connectivity index (χ1v) is 8.59. The van der Waals surface area contributed by atoms with E-state index in [1.807, 2.05) is 6.92 Å². The van der Waals surface area contributed by atoms with Gasteiger partial charge in [-0.1, -0.05) is 13.3 Å². The lowest BCUT2D eigenvalue weighted by molar-refractivity contribution is 0.208. The zero-order chi connectivity index (χ0) is 13.0. The van der Waals surface area contributed by atoms with Crippen LogP contribution < -0.4 is 10.0 Å². The second kappa shape index (κ2) is 6.32. The van der Waals surface area contributed by atoms with Crippen LogP contribution in [0.15, 0.2) is 0 Å². The molecular formula is C12H25N3O2S. The van der Waals surface area contributed by atoms with Crippen molar-refractivity contribution in [3.63, 3.8) is 0 Å². The molecule has 2 N–H and O–H groups in total. The number of hydrogen-bond acceptors (Lipinski definition) is 3. The molecule has 2 aliphatic heterocycles. The molecular weight excluding hydrogens is 250 g/mol. The quantitative estimate of drug-likeness (QED) is 0.781. The lowest BCUT2D eigenvalue weighted by Gasteiger charge is -2.38. The summed E-state index contributed by atoms with van der Waals surface area (Å²) in [6.45, 7) is 4.21. The maximum Gasteiger partial charge on any atom is 0.279 e. The van der Waals surface area contributed by atoms with Crippen LogP contribution in [0.4, 0.5) is 0 Å². The summed E-state index contributed by atoms with van der Waals surface area (Å²) < 4.78 is 29.0. The summed E-state index contributed by atoms with van der Waals surface area (Å²) in [6.07, 6.45) is 6.21. The van der Waals surface area contributed by atoms with Crippen molar-refractivity contribution >= 4 is 10.2 Å². The van der Waals surface area contributed by atoms with Gasteiger partial charge in [0.25, 0.3) is 10.2 Å². The van der Waals surface area contributed by atoms with Crippen molar-refractivity contribution in [2.45, 2.75) is 57.5 Å². The predicted molar refractivity (Wildman–Crippen MR) is 72.6 cm³/mol. The van der Waals surface area contributed by atoms with Crippen LogP contribution >= 0.6 is 0 Å². The van der Waals surface area contributed by atoms with Crippen molar-refractivity contribution in [2.24, 2.45) is 0 Å². The molecule has 18 heavy (non-hydrogen) atoms. The van der Waals surface area contributed by atoms with Crippen molar-refractivity contribution < 1.29 is 8.42 Å². The Balaban J connectivity index is 2.06. The van der Waals surface area contributed by atoms with Gasteiger partial charge in [0.05, 0.1) is 0 Å². The van der Waals surface area contributed by atoms with E-state index in [1.165, 1.54) is 0 Å². The summed E-state index contributed by atoms with van der Waals surface area (Å²) in [5.41, 5.74) is 0. The summed E-state index contributed by atoms with van der Waals surface area (Å²) in [7, 11) is -3.29. The van der Waals surface area contributed by atoms with Gasteiger partial charge in [0.15, 0.2) is 0 Å². The number of piperidine rings is 1. The van der Waals surface area contributed by atoms with Crippen LogP contribution in [0.1, 0.15) is 45.4 Å². The highest BCUT2D eigenvalue weighted by atomic mass is 32.2. The lowest BCUT2D eigenvalue weighted by atomic mass is 9.97. The van der Waals surface area contributed by atoms with E-state index in [9.17, 15) is 8.42 Å². The summed E-state index contributed by atoms with van der Waals surface area (Å²) in [5, 5.41) is 3.45. The Hall–Kier alpha value is -0.170. The van der Waals surface area contributed by atoms with Crippen molar-refractivity contribution in [1.29, 1.82) is 0 Å². The van der Waals surface area contributed by atoms with Crippen molar-refractivity contribution in [2.75, 3.05) is 19.6 Å². The van der Waals surface area contributed by atoms with Gasteiger partial charge < -0.3 is 5.32 Å². The Labute approximate surface area is 110 Å². The average molecular weight is 275 g/mol. The molecule has 0 aromatic heterocycles. The average Bonchev–Trinajstić information content (AvgIpc) is 2.90. The van der Waals surface area contributed by atoms with Crippen molar-refractivity contribution in [1.82, 2.24) is 14.3 Å². The smallest absolute Gasteiger partial charge is 0.279 e. The van der Waals surface area contributed by atoms with Gasteiger partial charge in [-0.05, 0) is 38.6 Å². The minimum Gasteiger partial charge on any atom is -0.312 e. The van der Waals surface area contributed by atoms with Gasteiger partial charge in [-0.25, -0.2) is 4.72 Å². The first-order valence-electron chi connectivity index (χ1n) is 7.15. The van der Waals surface area contributed by atoms with Gasteiger partial charge in [-0.2, -0.15) is 12.7 Å². The Kier molecular flexibility index (Phi) is 5.00. The van der Waals surface area contributed by atoms with E-state index in [1.54, 1.807) is 4.31 Å². The molecule has 0 bridgehead atoms. The zero-order valence-corrected chi connectivity index (χ0v) is 12.0. The van der Waals surface area contributed by atoms with Crippen LogP contribution in [0.2, 0.25) is 0 Å². The fourth-order valence-electron chi connectivity index (χ4n) is 2.99. The number of hydrogen-bond donors (Lipinski definition) is 2. The maximum absolute atomic E-state index is 12.3. The second-order valence-corrected chi connectivity index (χ2v) is 6.98. The van der Waals surface area contributed by atoms with Gasteiger partial charge >= 0.3 is 0 Å². The molecule has 0 aromatic carbocycles. The molecule has 0 radical (unpaired) electrons. The van der Waals surface area contributed by atoms with E-state index < -0.39 is 10.2 Å².